The molecule has 0 saturated carbocycles. The van der Waals surface area contributed by atoms with E-state index in [2.05, 4.69) is 49.4 Å². The van der Waals surface area contributed by atoms with Gasteiger partial charge in [0.15, 0.2) is 5.96 Å². The predicted molar refractivity (Wildman–Crippen MR) is 175 cm³/mol. The lowest BCUT2D eigenvalue weighted by atomic mass is 10.0. The fourth-order valence-corrected chi connectivity index (χ4v) is 5.77. The first-order chi connectivity index (χ1) is 18.6. The summed E-state index contributed by atoms with van der Waals surface area (Å²) < 4.78 is 0.641. The number of unbranched alkanes of at least 4 members (excludes halogenated alkanes) is 7. The molecule has 0 amide bonds. The van der Waals surface area contributed by atoms with E-state index in [1.807, 2.05) is 18.7 Å². The molecule has 0 bridgehead atoms. The molecule has 11 heteroatoms. The summed E-state index contributed by atoms with van der Waals surface area (Å²) in [6.45, 7) is 17.1. The second-order valence-corrected chi connectivity index (χ2v) is 11.2. The van der Waals surface area contributed by atoms with Gasteiger partial charge in [-0.1, -0.05) is 65.2 Å². The quantitative estimate of drug-likeness (QED) is 0.0556. The van der Waals surface area contributed by atoms with Crippen LogP contribution >= 0.6 is 11.8 Å². The second-order valence-electron chi connectivity index (χ2n) is 10.0. The lowest BCUT2D eigenvalue weighted by Gasteiger charge is -2.37. The Morgan fingerprint density at radius 3 is 1.69 bits per heavy atom. The standard InChI is InChI=1S/C22H48N5S.C6H15N5/c1-5-9-10-11-12-13-14-15-17-28-19-20(16-6-2)18-27(7-3,8-4)22(25)26-21(23)24;1-3-11(4-2)6(9)10-5(7)8/h20H,5-19H2,1-4H3,(H5,23,24,25,26);3-4H2,1-2H3,(H5,7,8,9,10)/q+1;. The molecule has 230 valence electrons. The molecule has 0 saturated heterocycles. The van der Waals surface area contributed by atoms with Crippen molar-refractivity contribution in [3.8, 4) is 0 Å². The third-order valence-corrected chi connectivity index (χ3v) is 8.34. The summed E-state index contributed by atoms with van der Waals surface area (Å²) in [5.74, 6) is 3.44. The average molecular weight is 572 g/mol. The summed E-state index contributed by atoms with van der Waals surface area (Å²) in [5.41, 5.74) is 22.3. The number of aliphatic imine (C=N–C) groups is 2. The van der Waals surface area contributed by atoms with Gasteiger partial charge in [-0.2, -0.15) is 16.8 Å². The Balaban J connectivity index is 0. The molecule has 0 spiro atoms. The summed E-state index contributed by atoms with van der Waals surface area (Å²) in [6.07, 6.45) is 13.5. The number of thioether (sulfide) groups is 1. The molecule has 0 rings (SSSR count). The first-order valence-electron chi connectivity index (χ1n) is 15.1. The number of rotatable bonds is 19. The van der Waals surface area contributed by atoms with Crippen molar-refractivity contribution < 1.29 is 4.48 Å². The van der Waals surface area contributed by atoms with Gasteiger partial charge in [0.2, 0.25) is 11.9 Å². The molecular formula is C28H63N10S+. The molecule has 39 heavy (non-hydrogen) atoms. The maximum absolute atomic E-state index is 7.45. The van der Waals surface area contributed by atoms with Crippen LogP contribution < -0.4 is 22.9 Å². The Hall–Kier alpha value is -2.01. The van der Waals surface area contributed by atoms with E-state index >= 15 is 0 Å². The van der Waals surface area contributed by atoms with E-state index < -0.39 is 0 Å². The third kappa shape index (κ3) is 19.7. The van der Waals surface area contributed by atoms with Crippen LogP contribution in [0.2, 0.25) is 0 Å². The number of nitrogens with two attached hydrogens (primary N) is 4. The maximum atomic E-state index is 7.45. The van der Waals surface area contributed by atoms with Gasteiger partial charge in [-0.25, -0.2) is 0 Å². The lowest BCUT2D eigenvalue weighted by Crippen LogP contribution is -2.59. The average Bonchev–Trinajstić information content (AvgIpc) is 2.88. The molecule has 0 heterocycles. The zero-order chi connectivity index (χ0) is 30.1. The normalized spacial score (nSPS) is 13.0. The third-order valence-electron chi connectivity index (χ3n) is 7.05. The molecule has 1 atom stereocenters. The van der Waals surface area contributed by atoms with Crippen molar-refractivity contribution in [2.75, 3.05) is 44.2 Å². The van der Waals surface area contributed by atoms with Gasteiger partial charge in [-0.05, 0) is 46.3 Å². The van der Waals surface area contributed by atoms with Crippen LogP contribution in [0.5, 0.6) is 0 Å². The number of guanidine groups is 4. The first kappa shape index (κ1) is 39.1. The fourth-order valence-electron chi connectivity index (χ4n) is 4.59. The molecule has 0 aromatic rings. The SMILES string of the molecule is CCCCCCCCCCSCC(CCC)C[N+](CC)(CC)C(N)=NC(=N)N.CCN(CC)C(N)=NC(=N)N. The van der Waals surface area contributed by atoms with E-state index in [9.17, 15) is 0 Å². The van der Waals surface area contributed by atoms with Crippen molar-refractivity contribution in [1.29, 1.82) is 10.8 Å². The van der Waals surface area contributed by atoms with E-state index in [1.54, 1.807) is 0 Å². The highest BCUT2D eigenvalue weighted by Crippen LogP contribution is 2.21. The summed E-state index contributed by atoms with van der Waals surface area (Å²) in [7, 11) is 0. The molecule has 10 N–H and O–H groups in total. The molecular weight excluding hydrogens is 508 g/mol. The van der Waals surface area contributed by atoms with Gasteiger partial charge in [0.25, 0.3) is 0 Å². The van der Waals surface area contributed by atoms with E-state index in [1.165, 1.54) is 75.7 Å². The van der Waals surface area contributed by atoms with Crippen LogP contribution in [0.15, 0.2) is 9.98 Å². The minimum Gasteiger partial charge on any atom is -0.369 e. The number of hydrogen-bond acceptors (Lipinski definition) is 3. The van der Waals surface area contributed by atoms with Crippen LogP contribution in [0.25, 0.3) is 0 Å². The number of quaternary nitrogens is 1. The minimum atomic E-state index is -0.255. The number of nitrogens with one attached hydrogen (secondary N) is 2. The highest BCUT2D eigenvalue weighted by Gasteiger charge is 2.32. The van der Waals surface area contributed by atoms with Gasteiger partial charge in [0.1, 0.15) is 0 Å². The molecule has 0 aliphatic rings. The van der Waals surface area contributed by atoms with Gasteiger partial charge < -0.3 is 27.8 Å². The van der Waals surface area contributed by atoms with Crippen LogP contribution in [-0.4, -0.2) is 77.5 Å². The summed E-state index contributed by atoms with van der Waals surface area (Å²) in [6, 6.07) is 0. The highest BCUT2D eigenvalue weighted by molar-refractivity contribution is 7.99. The molecule has 0 fully saturated rings. The van der Waals surface area contributed by atoms with Crippen molar-refractivity contribution in [2.45, 2.75) is 106 Å². The van der Waals surface area contributed by atoms with Gasteiger partial charge in [0.05, 0.1) is 19.6 Å². The van der Waals surface area contributed by atoms with Crippen molar-refractivity contribution >= 4 is 35.6 Å². The number of hydrogen-bond donors (Lipinski definition) is 6. The Kier molecular flexibility index (Phi) is 25.1. The largest absolute Gasteiger partial charge is 0.369 e. The minimum absolute atomic E-state index is 0.196. The first-order valence-corrected chi connectivity index (χ1v) is 16.3. The predicted octanol–water partition coefficient (Wildman–Crippen LogP) is 4.88. The zero-order valence-corrected chi connectivity index (χ0v) is 26.9. The zero-order valence-electron chi connectivity index (χ0n) is 26.1. The van der Waals surface area contributed by atoms with Crippen molar-refractivity contribution in [2.24, 2.45) is 38.8 Å². The molecule has 10 nitrogen and oxygen atoms in total. The van der Waals surface area contributed by atoms with E-state index in [0.717, 1.165) is 32.7 Å². The Bertz CT molecular complexity index is 688. The van der Waals surface area contributed by atoms with Gasteiger partial charge >= 0.3 is 5.96 Å². The summed E-state index contributed by atoms with van der Waals surface area (Å²) in [4.78, 5) is 9.50. The summed E-state index contributed by atoms with van der Waals surface area (Å²) >= 11 is 2.10. The van der Waals surface area contributed by atoms with Gasteiger partial charge in [-0.3, -0.25) is 15.3 Å². The molecule has 0 aliphatic heterocycles. The summed E-state index contributed by atoms with van der Waals surface area (Å²) in [5, 5.41) is 14.3. The van der Waals surface area contributed by atoms with Gasteiger partial charge in [0, 0.05) is 24.8 Å². The Morgan fingerprint density at radius 2 is 1.26 bits per heavy atom. The molecule has 0 aromatic heterocycles. The lowest BCUT2D eigenvalue weighted by molar-refractivity contribution is -0.842. The van der Waals surface area contributed by atoms with Crippen LogP contribution in [0.4, 0.5) is 0 Å². The van der Waals surface area contributed by atoms with Crippen LogP contribution in [0, 0.1) is 16.7 Å². The smallest absolute Gasteiger partial charge is 0.302 e. The second kappa shape index (κ2) is 25.0. The van der Waals surface area contributed by atoms with Crippen molar-refractivity contribution in [1.82, 2.24) is 4.90 Å². The molecule has 0 aliphatic carbocycles. The Morgan fingerprint density at radius 1 is 0.744 bits per heavy atom. The molecule has 0 aromatic carbocycles. The number of nitrogens with zero attached hydrogens (tertiary/aromatic N) is 4. The van der Waals surface area contributed by atoms with Crippen LogP contribution in [-0.2, 0) is 0 Å². The molecule has 1 unspecified atom stereocenters. The van der Waals surface area contributed by atoms with Crippen molar-refractivity contribution in [3.05, 3.63) is 0 Å². The maximum Gasteiger partial charge on any atom is 0.302 e. The van der Waals surface area contributed by atoms with Crippen LogP contribution in [0.3, 0.4) is 0 Å². The highest BCUT2D eigenvalue weighted by atomic mass is 32.2. The monoisotopic (exact) mass is 571 g/mol. The molecule has 0 radical (unpaired) electrons. The van der Waals surface area contributed by atoms with E-state index in [0.29, 0.717) is 22.3 Å². The topological polar surface area (TPSA) is 180 Å². The van der Waals surface area contributed by atoms with E-state index in [-0.39, 0.29) is 11.9 Å². The fraction of sp³-hybridized carbons (Fsp3) is 0.857. The van der Waals surface area contributed by atoms with Crippen LogP contribution in [0.1, 0.15) is 106 Å². The Labute approximate surface area is 244 Å². The van der Waals surface area contributed by atoms with Gasteiger partial charge in [-0.15, -0.1) is 4.99 Å². The van der Waals surface area contributed by atoms with Crippen molar-refractivity contribution in [3.63, 3.8) is 0 Å². The van der Waals surface area contributed by atoms with E-state index in [4.69, 9.17) is 33.8 Å².